The summed E-state index contributed by atoms with van der Waals surface area (Å²) in [5.41, 5.74) is 0.905. The molecule has 0 atom stereocenters. The van der Waals surface area contributed by atoms with Crippen molar-refractivity contribution in [1.82, 2.24) is 10.2 Å². The zero-order valence-corrected chi connectivity index (χ0v) is 18.1. The van der Waals surface area contributed by atoms with Crippen LogP contribution in [0.25, 0.3) is 0 Å². The third kappa shape index (κ3) is 5.92. The van der Waals surface area contributed by atoms with Gasteiger partial charge in [-0.15, -0.1) is 0 Å². The molecule has 1 heterocycles. The lowest BCUT2D eigenvalue weighted by atomic mass is 9.97. The lowest BCUT2D eigenvalue weighted by Gasteiger charge is -2.33. The SMILES string of the molecule is CCNC(=NCc1cc(OC)c(OC)cc1OC)N1CCC(C(=O)OCC)CC1. The number of hydrogen-bond donors (Lipinski definition) is 1. The van der Waals surface area contributed by atoms with E-state index >= 15 is 0 Å². The van der Waals surface area contributed by atoms with Gasteiger partial charge in [0.05, 0.1) is 40.4 Å². The third-order valence-corrected chi connectivity index (χ3v) is 4.94. The fourth-order valence-corrected chi connectivity index (χ4v) is 3.39. The van der Waals surface area contributed by atoms with E-state index in [9.17, 15) is 4.79 Å². The zero-order valence-electron chi connectivity index (χ0n) is 18.1. The normalized spacial score (nSPS) is 15.1. The van der Waals surface area contributed by atoms with Crippen LogP contribution in [0, 0.1) is 5.92 Å². The summed E-state index contributed by atoms with van der Waals surface area (Å²) in [4.78, 5) is 19.0. The van der Waals surface area contributed by atoms with E-state index in [4.69, 9.17) is 23.9 Å². The first kappa shape index (κ1) is 22.6. The van der Waals surface area contributed by atoms with E-state index in [-0.39, 0.29) is 11.9 Å². The van der Waals surface area contributed by atoms with E-state index in [2.05, 4.69) is 10.2 Å². The molecule has 0 amide bonds. The number of rotatable bonds is 8. The molecule has 1 aromatic rings. The van der Waals surface area contributed by atoms with Gasteiger partial charge in [-0.1, -0.05) is 0 Å². The van der Waals surface area contributed by atoms with Crippen LogP contribution in [-0.4, -0.2) is 64.4 Å². The summed E-state index contributed by atoms with van der Waals surface area (Å²) in [5.74, 6) is 2.66. The number of hydrogen-bond acceptors (Lipinski definition) is 6. The highest BCUT2D eigenvalue weighted by atomic mass is 16.5. The first-order valence-corrected chi connectivity index (χ1v) is 10.1. The molecule has 1 aliphatic rings. The second-order valence-electron chi connectivity index (χ2n) is 6.70. The Hall–Kier alpha value is -2.64. The van der Waals surface area contributed by atoms with Crippen LogP contribution < -0.4 is 19.5 Å². The molecule has 29 heavy (non-hydrogen) atoms. The molecule has 0 unspecified atom stereocenters. The van der Waals surface area contributed by atoms with Crippen LogP contribution in [0.2, 0.25) is 0 Å². The predicted octanol–water partition coefficient (Wildman–Crippen LogP) is 2.45. The molecule has 0 spiro atoms. The molecule has 1 aromatic carbocycles. The van der Waals surface area contributed by atoms with E-state index in [0.717, 1.165) is 44.0 Å². The molecule has 162 valence electrons. The monoisotopic (exact) mass is 407 g/mol. The van der Waals surface area contributed by atoms with Crippen molar-refractivity contribution in [3.8, 4) is 17.2 Å². The van der Waals surface area contributed by atoms with E-state index in [1.54, 1.807) is 27.4 Å². The van der Waals surface area contributed by atoms with E-state index < -0.39 is 0 Å². The maximum absolute atomic E-state index is 12.0. The molecule has 8 nitrogen and oxygen atoms in total. The minimum atomic E-state index is -0.0934. The minimum Gasteiger partial charge on any atom is -0.496 e. The van der Waals surface area contributed by atoms with E-state index in [0.29, 0.717) is 30.4 Å². The molecular formula is C21H33N3O5. The molecule has 1 N–H and O–H groups in total. The number of carbonyl (C=O) groups is 1. The Morgan fingerprint density at radius 1 is 1.07 bits per heavy atom. The average Bonchev–Trinajstić information content (AvgIpc) is 2.76. The van der Waals surface area contributed by atoms with Gasteiger partial charge in [0.25, 0.3) is 0 Å². The number of benzene rings is 1. The number of methoxy groups -OCH3 is 3. The largest absolute Gasteiger partial charge is 0.496 e. The fourth-order valence-electron chi connectivity index (χ4n) is 3.39. The highest BCUT2D eigenvalue weighted by Crippen LogP contribution is 2.35. The minimum absolute atomic E-state index is 0.0278. The van der Waals surface area contributed by atoms with Gasteiger partial charge in [0.1, 0.15) is 5.75 Å². The molecule has 0 aromatic heterocycles. The summed E-state index contributed by atoms with van der Waals surface area (Å²) in [6, 6.07) is 3.69. The van der Waals surface area contributed by atoms with Crippen molar-refractivity contribution in [1.29, 1.82) is 0 Å². The zero-order chi connectivity index (χ0) is 21.2. The molecule has 1 aliphatic heterocycles. The van der Waals surface area contributed by atoms with E-state index in [1.165, 1.54) is 0 Å². The molecular weight excluding hydrogens is 374 g/mol. The van der Waals surface area contributed by atoms with Crippen molar-refractivity contribution in [3.63, 3.8) is 0 Å². The maximum Gasteiger partial charge on any atom is 0.309 e. The molecule has 0 bridgehead atoms. The maximum atomic E-state index is 12.0. The van der Waals surface area contributed by atoms with Gasteiger partial charge >= 0.3 is 5.97 Å². The Bertz CT molecular complexity index is 700. The van der Waals surface area contributed by atoms with Crippen molar-refractivity contribution in [3.05, 3.63) is 17.7 Å². The van der Waals surface area contributed by atoms with Gasteiger partial charge in [0.2, 0.25) is 0 Å². The molecule has 2 rings (SSSR count). The van der Waals surface area contributed by atoms with Crippen LogP contribution in [0.15, 0.2) is 17.1 Å². The van der Waals surface area contributed by atoms with Crippen LogP contribution >= 0.6 is 0 Å². The Morgan fingerprint density at radius 3 is 2.24 bits per heavy atom. The summed E-state index contributed by atoms with van der Waals surface area (Å²) in [6.07, 6.45) is 1.53. The van der Waals surface area contributed by atoms with Crippen LogP contribution in [0.4, 0.5) is 0 Å². The van der Waals surface area contributed by atoms with Crippen LogP contribution in [0.5, 0.6) is 17.2 Å². The van der Waals surface area contributed by atoms with Gasteiger partial charge in [0, 0.05) is 31.3 Å². The number of esters is 1. The number of aliphatic imine (C=N–C) groups is 1. The summed E-state index contributed by atoms with van der Waals surface area (Å²) in [7, 11) is 4.83. The number of guanidine groups is 1. The third-order valence-electron chi connectivity index (χ3n) is 4.94. The summed E-state index contributed by atoms with van der Waals surface area (Å²) >= 11 is 0. The lowest BCUT2D eigenvalue weighted by Crippen LogP contribution is -2.46. The molecule has 1 saturated heterocycles. The average molecular weight is 408 g/mol. The summed E-state index contributed by atoms with van der Waals surface area (Å²) < 4.78 is 21.4. The Balaban J connectivity index is 2.13. The second kappa shape index (κ2) is 11.4. The van der Waals surface area contributed by atoms with Gasteiger partial charge in [0.15, 0.2) is 17.5 Å². The predicted molar refractivity (Wildman–Crippen MR) is 112 cm³/mol. The molecule has 0 saturated carbocycles. The molecule has 0 aliphatic carbocycles. The summed E-state index contributed by atoms with van der Waals surface area (Å²) in [6.45, 7) is 7.03. The van der Waals surface area contributed by atoms with Crippen molar-refractivity contribution in [2.45, 2.75) is 33.2 Å². The van der Waals surface area contributed by atoms with Crippen molar-refractivity contribution >= 4 is 11.9 Å². The van der Waals surface area contributed by atoms with Gasteiger partial charge in [-0.3, -0.25) is 4.79 Å². The topological polar surface area (TPSA) is 81.6 Å². The Labute approximate surface area is 173 Å². The van der Waals surface area contributed by atoms with Gasteiger partial charge in [-0.25, -0.2) is 4.99 Å². The van der Waals surface area contributed by atoms with Crippen molar-refractivity contribution < 1.29 is 23.7 Å². The number of nitrogens with one attached hydrogen (secondary N) is 1. The molecule has 1 fully saturated rings. The summed E-state index contributed by atoms with van der Waals surface area (Å²) in [5, 5.41) is 3.34. The lowest BCUT2D eigenvalue weighted by molar-refractivity contribution is -0.149. The first-order valence-electron chi connectivity index (χ1n) is 10.1. The van der Waals surface area contributed by atoms with E-state index in [1.807, 2.05) is 19.9 Å². The Kier molecular flexibility index (Phi) is 8.89. The van der Waals surface area contributed by atoms with Crippen molar-refractivity contribution in [2.75, 3.05) is 47.6 Å². The highest BCUT2D eigenvalue weighted by Gasteiger charge is 2.27. The molecule has 0 radical (unpaired) electrons. The number of carbonyl (C=O) groups excluding carboxylic acids is 1. The number of nitrogens with zero attached hydrogens (tertiary/aromatic N) is 2. The smallest absolute Gasteiger partial charge is 0.309 e. The van der Waals surface area contributed by atoms with Gasteiger partial charge in [-0.2, -0.15) is 0 Å². The van der Waals surface area contributed by atoms with Crippen LogP contribution in [0.3, 0.4) is 0 Å². The highest BCUT2D eigenvalue weighted by molar-refractivity contribution is 5.80. The second-order valence-corrected chi connectivity index (χ2v) is 6.70. The molecule has 8 heteroatoms. The van der Waals surface area contributed by atoms with Gasteiger partial charge < -0.3 is 29.2 Å². The number of likely N-dealkylation sites (tertiary alicyclic amines) is 1. The quantitative estimate of drug-likeness (QED) is 0.403. The standard InChI is InChI=1S/C21H33N3O5/c1-6-22-21(24-10-8-15(9-11-24)20(25)29-7-2)23-14-16-12-18(27-4)19(28-5)13-17(16)26-3/h12-13,15H,6-11,14H2,1-5H3,(H,22,23). The Morgan fingerprint density at radius 2 is 1.69 bits per heavy atom. The number of ether oxygens (including phenoxy) is 4. The fraction of sp³-hybridized carbons (Fsp3) is 0.619. The van der Waals surface area contributed by atoms with Gasteiger partial charge in [-0.05, 0) is 32.8 Å². The van der Waals surface area contributed by atoms with Crippen molar-refractivity contribution in [2.24, 2.45) is 10.9 Å². The number of piperidine rings is 1. The van der Waals surface area contributed by atoms with Crippen LogP contribution in [-0.2, 0) is 16.1 Å². The first-order chi connectivity index (χ1) is 14.1. The van der Waals surface area contributed by atoms with Crippen LogP contribution in [0.1, 0.15) is 32.3 Å².